The Hall–Kier alpha value is -1.59. The molecule has 1 heterocycles. The van der Waals surface area contributed by atoms with Crippen molar-refractivity contribution in [2.45, 2.75) is 6.42 Å². The van der Waals surface area contributed by atoms with Gasteiger partial charge in [0.1, 0.15) is 0 Å². The van der Waals surface area contributed by atoms with E-state index in [9.17, 15) is 4.79 Å². The molecule has 0 unspecified atom stereocenters. The van der Waals surface area contributed by atoms with Gasteiger partial charge in [-0.25, -0.2) is 0 Å². The maximum atomic E-state index is 11.9. The molecule has 5 heteroatoms. The minimum atomic E-state index is -0.0848. The van der Waals surface area contributed by atoms with Crippen LogP contribution in [0.15, 0.2) is 24.3 Å². The smallest absolute Gasteiger partial charge is 0.253 e. The summed E-state index contributed by atoms with van der Waals surface area (Å²) in [6.45, 7) is 6.04. The van der Waals surface area contributed by atoms with Gasteiger partial charge < -0.3 is 21.3 Å². The predicted octanol–water partition coefficient (Wildman–Crippen LogP) is 0.294. The molecule has 104 valence electrons. The molecule has 1 aromatic carbocycles. The van der Waals surface area contributed by atoms with Gasteiger partial charge in [-0.05, 0) is 25.1 Å². The SMILES string of the molecule is Nc1ccccc1C(=O)NCCCN1CCNCC1. The molecule has 0 spiro atoms. The van der Waals surface area contributed by atoms with Crippen LogP contribution in [0.25, 0.3) is 0 Å². The second-order valence-corrected chi connectivity index (χ2v) is 4.79. The van der Waals surface area contributed by atoms with E-state index in [0.29, 0.717) is 17.8 Å². The standard InChI is InChI=1S/C14H22N4O/c15-13-5-2-1-4-12(13)14(19)17-6-3-9-18-10-7-16-8-11-18/h1-2,4-5,16H,3,6-11,15H2,(H,17,19). The maximum Gasteiger partial charge on any atom is 0.253 e. The maximum absolute atomic E-state index is 11.9. The number of hydrogen-bond acceptors (Lipinski definition) is 4. The number of benzene rings is 1. The number of nitrogens with two attached hydrogens (primary N) is 1. The van der Waals surface area contributed by atoms with Gasteiger partial charge in [0.05, 0.1) is 5.56 Å². The van der Waals surface area contributed by atoms with Gasteiger partial charge >= 0.3 is 0 Å². The summed E-state index contributed by atoms with van der Waals surface area (Å²) >= 11 is 0. The average molecular weight is 262 g/mol. The number of para-hydroxylation sites is 1. The van der Waals surface area contributed by atoms with E-state index in [1.165, 1.54) is 0 Å². The first-order valence-corrected chi connectivity index (χ1v) is 6.83. The monoisotopic (exact) mass is 262 g/mol. The van der Waals surface area contributed by atoms with Crippen LogP contribution in [0, 0.1) is 0 Å². The topological polar surface area (TPSA) is 70.4 Å². The van der Waals surface area contributed by atoms with Crippen molar-refractivity contribution in [2.75, 3.05) is 45.0 Å². The van der Waals surface area contributed by atoms with Gasteiger partial charge in [-0.3, -0.25) is 4.79 Å². The zero-order chi connectivity index (χ0) is 13.5. The number of nitrogens with one attached hydrogen (secondary N) is 2. The molecule has 0 bridgehead atoms. The van der Waals surface area contributed by atoms with Gasteiger partial charge in [0.25, 0.3) is 5.91 Å². The fourth-order valence-electron chi connectivity index (χ4n) is 2.24. The average Bonchev–Trinajstić information content (AvgIpc) is 2.45. The van der Waals surface area contributed by atoms with E-state index in [-0.39, 0.29) is 5.91 Å². The quantitative estimate of drug-likeness (QED) is 0.527. The highest BCUT2D eigenvalue weighted by Crippen LogP contribution is 2.09. The zero-order valence-electron chi connectivity index (χ0n) is 11.2. The van der Waals surface area contributed by atoms with Crippen molar-refractivity contribution < 1.29 is 4.79 Å². The minimum absolute atomic E-state index is 0.0848. The first-order valence-electron chi connectivity index (χ1n) is 6.83. The molecule has 0 aromatic heterocycles. The number of nitrogen functional groups attached to an aromatic ring is 1. The number of piperazine rings is 1. The van der Waals surface area contributed by atoms with Crippen molar-refractivity contribution in [1.82, 2.24) is 15.5 Å². The minimum Gasteiger partial charge on any atom is -0.398 e. The summed E-state index contributed by atoms with van der Waals surface area (Å²) in [6, 6.07) is 7.15. The van der Waals surface area contributed by atoms with Crippen molar-refractivity contribution in [1.29, 1.82) is 0 Å². The summed E-state index contributed by atoms with van der Waals surface area (Å²) in [5, 5.41) is 6.24. The second-order valence-electron chi connectivity index (χ2n) is 4.79. The summed E-state index contributed by atoms with van der Waals surface area (Å²) in [7, 11) is 0. The number of nitrogens with zero attached hydrogens (tertiary/aromatic N) is 1. The number of carbonyl (C=O) groups is 1. The van der Waals surface area contributed by atoms with Gasteiger partial charge in [0.2, 0.25) is 0 Å². The van der Waals surface area contributed by atoms with Crippen LogP contribution in [0.2, 0.25) is 0 Å². The summed E-state index contributed by atoms with van der Waals surface area (Å²) in [5.74, 6) is -0.0848. The highest BCUT2D eigenvalue weighted by molar-refractivity contribution is 5.98. The van der Waals surface area contributed by atoms with Crippen molar-refractivity contribution >= 4 is 11.6 Å². The molecule has 19 heavy (non-hydrogen) atoms. The molecule has 5 nitrogen and oxygen atoms in total. The second kappa shape index (κ2) is 7.11. The lowest BCUT2D eigenvalue weighted by Gasteiger charge is -2.27. The Bertz CT molecular complexity index is 416. The van der Waals surface area contributed by atoms with Gasteiger partial charge in [-0.1, -0.05) is 12.1 Å². The highest BCUT2D eigenvalue weighted by Gasteiger charge is 2.10. The van der Waals surface area contributed by atoms with Crippen LogP contribution in [0.5, 0.6) is 0 Å². The van der Waals surface area contributed by atoms with E-state index in [4.69, 9.17) is 5.73 Å². The third-order valence-electron chi connectivity index (χ3n) is 3.35. The highest BCUT2D eigenvalue weighted by atomic mass is 16.1. The molecule has 1 aliphatic rings. The van der Waals surface area contributed by atoms with E-state index < -0.39 is 0 Å². The molecule has 0 saturated carbocycles. The molecule has 0 aliphatic carbocycles. The Labute approximate surface area is 114 Å². The molecule has 1 aliphatic heterocycles. The molecule has 0 atom stereocenters. The Morgan fingerprint density at radius 3 is 2.79 bits per heavy atom. The Kier molecular flexibility index (Phi) is 5.18. The molecule has 1 fully saturated rings. The lowest BCUT2D eigenvalue weighted by Crippen LogP contribution is -2.44. The molecular weight excluding hydrogens is 240 g/mol. The van der Waals surface area contributed by atoms with Crippen LogP contribution in [-0.4, -0.2) is 50.1 Å². The van der Waals surface area contributed by atoms with Crippen molar-refractivity contribution in [3.8, 4) is 0 Å². The predicted molar refractivity (Wildman–Crippen MR) is 77.1 cm³/mol. The summed E-state index contributed by atoms with van der Waals surface area (Å²) in [4.78, 5) is 14.3. The molecular formula is C14H22N4O. The van der Waals surface area contributed by atoms with Crippen molar-refractivity contribution in [3.05, 3.63) is 29.8 Å². The van der Waals surface area contributed by atoms with Crippen LogP contribution in [0.4, 0.5) is 5.69 Å². The van der Waals surface area contributed by atoms with Gasteiger partial charge in [0, 0.05) is 38.4 Å². The van der Waals surface area contributed by atoms with Crippen LogP contribution in [0.1, 0.15) is 16.8 Å². The number of anilines is 1. The largest absolute Gasteiger partial charge is 0.398 e. The summed E-state index contributed by atoms with van der Waals surface area (Å²) < 4.78 is 0. The lowest BCUT2D eigenvalue weighted by atomic mass is 10.1. The fraction of sp³-hybridized carbons (Fsp3) is 0.500. The van der Waals surface area contributed by atoms with Crippen LogP contribution >= 0.6 is 0 Å². The van der Waals surface area contributed by atoms with E-state index in [1.54, 1.807) is 12.1 Å². The molecule has 4 N–H and O–H groups in total. The van der Waals surface area contributed by atoms with Crippen LogP contribution in [-0.2, 0) is 0 Å². The van der Waals surface area contributed by atoms with Crippen LogP contribution < -0.4 is 16.4 Å². The van der Waals surface area contributed by atoms with Crippen molar-refractivity contribution in [2.24, 2.45) is 0 Å². The third kappa shape index (κ3) is 4.22. The first-order chi connectivity index (χ1) is 9.27. The number of rotatable bonds is 5. The van der Waals surface area contributed by atoms with Crippen LogP contribution in [0.3, 0.4) is 0 Å². The van der Waals surface area contributed by atoms with E-state index in [1.807, 2.05) is 12.1 Å². The molecule has 0 radical (unpaired) electrons. The van der Waals surface area contributed by atoms with E-state index in [0.717, 1.165) is 39.1 Å². The third-order valence-corrected chi connectivity index (χ3v) is 3.35. The molecule has 1 amide bonds. The number of hydrogen-bond donors (Lipinski definition) is 3. The Morgan fingerprint density at radius 2 is 2.05 bits per heavy atom. The van der Waals surface area contributed by atoms with Gasteiger partial charge in [-0.2, -0.15) is 0 Å². The first kappa shape index (κ1) is 13.8. The van der Waals surface area contributed by atoms with Gasteiger partial charge in [-0.15, -0.1) is 0 Å². The van der Waals surface area contributed by atoms with Gasteiger partial charge in [0.15, 0.2) is 0 Å². The Morgan fingerprint density at radius 1 is 1.32 bits per heavy atom. The Balaban J connectivity index is 1.68. The van der Waals surface area contributed by atoms with E-state index >= 15 is 0 Å². The molecule has 2 rings (SSSR count). The zero-order valence-corrected chi connectivity index (χ0v) is 11.2. The van der Waals surface area contributed by atoms with Crippen molar-refractivity contribution in [3.63, 3.8) is 0 Å². The number of amides is 1. The summed E-state index contributed by atoms with van der Waals surface area (Å²) in [6.07, 6.45) is 0.971. The summed E-state index contributed by atoms with van der Waals surface area (Å²) in [5.41, 5.74) is 6.86. The normalized spacial score (nSPS) is 16.2. The fourth-order valence-corrected chi connectivity index (χ4v) is 2.24. The van der Waals surface area contributed by atoms with E-state index in [2.05, 4.69) is 15.5 Å². The number of carbonyl (C=O) groups excluding carboxylic acids is 1. The molecule has 1 saturated heterocycles. The molecule has 1 aromatic rings. The lowest BCUT2D eigenvalue weighted by molar-refractivity contribution is 0.0952.